The highest BCUT2D eigenvalue weighted by atomic mass is 14.7. The molecule has 0 aliphatic carbocycles. The van der Waals surface area contributed by atoms with Crippen LogP contribution in [0.2, 0.25) is 0 Å². The number of hydrogen-bond donors (Lipinski definition) is 0. The van der Waals surface area contributed by atoms with Gasteiger partial charge in [0, 0.05) is 11.9 Å². The van der Waals surface area contributed by atoms with Gasteiger partial charge in [-0.15, -0.1) is 0 Å². The molecule has 0 aliphatic heterocycles. The number of pyridine rings is 1. The Kier molecular flexibility index (Phi) is 2.28. The molecule has 11 heavy (non-hydrogen) atoms. The van der Waals surface area contributed by atoms with E-state index in [9.17, 15) is 0 Å². The lowest BCUT2D eigenvalue weighted by Crippen LogP contribution is -1.94. The molecule has 0 fully saturated rings. The first-order valence-corrected chi connectivity index (χ1v) is 4.04. The van der Waals surface area contributed by atoms with Crippen molar-refractivity contribution in [3.8, 4) is 0 Å². The summed E-state index contributed by atoms with van der Waals surface area (Å²) in [5.41, 5.74) is 3.80. The summed E-state index contributed by atoms with van der Waals surface area (Å²) in [4.78, 5) is 4.34. The van der Waals surface area contributed by atoms with Crippen LogP contribution in [0.25, 0.3) is 0 Å². The van der Waals surface area contributed by atoms with Crippen LogP contribution < -0.4 is 0 Å². The Balaban J connectivity index is 3.05. The van der Waals surface area contributed by atoms with E-state index in [2.05, 4.69) is 38.7 Å². The lowest BCUT2D eigenvalue weighted by atomic mass is 10.1. The fraction of sp³-hybridized carbons (Fsp3) is 0.500. The van der Waals surface area contributed by atoms with Crippen LogP contribution in [-0.4, -0.2) is 4.98 Å². The second kappa shape index (κ2) is 3.04. The minimum Gasteiger partial charge on any atom is -0.261 e. The first kappa shape index (κ1) is 8.25. The van der Waals surface area contributed by atoms with Gasteiger partial charge in [-0.3, -0.25) is 4.98 Å². The molecule has 1 aromatic heterocycles. The molecular weight excluding hydrogens is 134 g/mol. The number of hydrogen-bond acceptors (Lipinski definition) is 1. The predicted octanol–water partition coefficient (Wildman–Crippen LogP) is 2.82. The average Bonchev–Trinajstić information content (AvgIpc) is 1.94. The van der Waals surface area contributed by atoms with Crippen molar-refractivity contribution in [2.75, 3.05) is 0 Å². The maximum atomic E-state index is 4.34. The number of aryl methyl sites for hydroxylation is 2. The van der Waals surface area contributed by atoms with Crippen molar-refractivity contribution < 1.29 is 0 Å². The fourth-order valence-electron chi connectivity index (χ4n) is 0.962. The van der Waals surface area contributed by atoms with Crippen molar-refractivity contribution in [1.82, 2.24) is 4.98 Å². The van der Waals surface area contributed by atoms with Crippen LogP contribution in [-0.2, 0) is 0 Å². The van der Waals surface area contributed by atoms with E-state index in [4.69, 9.17) is 0 Å². The molecule has 0 saturated carbocycles. The van der Waals surface area contributed by atoms with Gasteiger partial charge in [-0.25, -0.2) is 0 Å². The highest BCUT2D eigenvalue weighted by Crippen LogP contribution is 2.14. The van der Waals surface area contributed by atoms with E-state index in [0.29, 0.717) is 5.92 Å². The van der Waals surface area contributed by atoms with Crippen LogP contribution in [0.3, 0.4) is 0 Å². The Bertz CT molecular complexity index is 251. The van der Waals surface area contributed by atoms with Gasteiger partial charge in [-0.2, -0.15) is 0 Å². The van der Waals surface area contributed by atoms with Crippen molar-refractivity contribution in [2.24, 2.45) is 0 Å². The van der Waals surface area contributed by atoms with Crippen LogP contribution in [0.15, 0.2) is 12.3 Å². The Hall–Kier alpha value is -0.850. The fourth-order valence-corrected chi connectivity index (χ4v) is 0.962. The van der Waals surface area contributed by atoms with Gasteiger partial charge < -0.3 is 0 Å². The highest BCUT2D eigenvalue weighted by molar-refractivity contribution is 5.24. The topological polar surface area (TPSA) is 12.9 Å². The monoisotopic (exact) mass is 149 g/mol. The zero-order chi connectivity index (χ0) is 8.43. The first-order valence-electron chi connectivity index (χ1n) is 4.04. The molecule has 0 N–H and O–H groups in total. The molecule has 1 heteroatoms. The van der Waals surface area contributed by atoms with E-state index < -0.39 is 0 Å². The third kappa shape index (κ3) is 1.79. The molecule has 0 aromatic carbocycles. The first-order chi connectivity index (χ1) is 5.11. The molecule has 60 valence electrons. The van der Waals surface area contributed by atoms with Crippen LogP contribution in [0.4, 0.5) is 0 Å². The quantitative estimate of drug-likeness (QED) is 0.598. The molecule has 1 rings (SSSR count). The smallest absolute Gasteiger partial charge is 0.0431 e. The Morgan fingerprint density at radius 2 is 1.82 bits per heavy atom. The molecule has 0 unspecified atom stereocenters. The third-order valence-corrected chi connectivity index (χ3v) is 1.99. The molecule has 0 spiro atoms. The van der Waals surface area contributed by atoms with Gasteiger partial charge in [0.25, 0.3) is 0 Å². The molecule has 1 aromatic rings. The van der Waals surface area contributed by atoms with E-state index >= 15 is 0 Å². The summed E-state index contributed by atoms with van der Waals surface area (Å²) in [6, 6.07) is 2.17. The maximum Gasteiger partial charge on any atom is 0.0431 e. The SMILES string of the molecule is Cc1cnc(C(C)C)cc1C. The van der Waals surface area contributed by atoms with Gasteiger partial charge in [0.15, 0.2) is 0 Å². The summed E-state index contributed by atoms with van der Waals surface area (Å²) in [5.74, 6) is 0.536. The molecule has 0 bridgehead atoms. The summed E-state index contributed by atoms with van der Waals surface area (Å²) in [5, 5.41) is 0. The van der Waals surface area contributed by atoms with E-state index in [1.807, 2.05) is 6.20 Å². The zero-order valence-electron chi connectivity index (χ0n) is 7.68. The predicted molar refractivity (Wildman–Crippen MR) is 47.8 cm³/mol. The zero-order valence-corrected chi connectivity index (χ0v) is 7.68. The van der Waals surface area contributed by atoms with Gasteiger partial charge in [0.2, 0.25) is 0 Å². The van der Waals surface area contributed by atoms with Gasteiger partial charge in [-0.1, -0.05) is 13.8 Å². The molecule has 0 saturated heterocycles. The van der Waals surface area contributed by atoms with Gasteiger partial charge in [-0.05, 0) is 37.0 Å². The summed E-state index contributed by atoms with van der Waals surface area (Å²) >= 11 is 0. The summed E-state index contributed by atoms with van der Waals surface area (Å²) in [7, 11) is 0. The van der Waals surface area contributed by atoms with Crippen molar-refractivity contribution in [3.05, 3.63) is 29.1 Å². The van der Waals surface area contributed by atoms with Crippen LogP contribution in [0, 0.1) is 13.8 Å². The molecule has 1 heterocycles. The van der Waals surface area contributed by atoms with Crippen molar-refractivity contribution >= 4 is 0 Å². The van der Waals surface area contributed by atoms with Crippen molar-refractivity contribution in [1.29, 1.82) is 0 Å². The van der Waals surface area contributed by atoms with Crippen molar-refractivity contribution in [3.63, 3.8) is 0 Å². The largest absolute Gasteiger partial charge is 0.261 e. The molecule has 0 amide bonds. The normalized spacial score (nSPS) is 10.6. The van der Waals surface area contributed by atoms with Crippen LogP contribution in [0.5, 0.6) is 0 Å². The Morgan fingerprint density at radius 3 is 2.27 bits per heavy atom. The summed E-state index contributed by atoms with van der Waals surface area (Å²) in [6.45, 7) is 8.55. The third-order valence-electron chi connectivity index (χ3n) is 1.99. The van der Waals surface area contributed by atoms with Gasteiger partial charge in [0.05, 0.1) is 0 Å². The van der Waals surface area contributed by atoms with Gasteiger partial charge in [0.1, 0.15) is 0 Å². The second-order valence-electron chi connectivity index (χ2n) is 3.35. The Labute approximate surface area is 68.5 Å². The second-order valence-corrected chi connectivity index (χ2v) is 3.35. The Morgan fingerprint density at radius 1 is 1.18 bits per heavy atom. The highest BCUT2D eigenvalue weighted by Gasteiger charge is 2.00. The average molecular weight is 149 g/mol. The number of aromatic nitrogens is 1. The standard InChI is InChI=1S/C10H15N/c1-7(2)10-5-8(3)9(4)6-11-10/h5-7H,1-4H3. The minimum absolute atomic E-state index is 0.536. The molecular formula is C10H15N. The van der Waals surface area contributed by atoms with E-state index in [1.165, 1.54) is 16.8 Å². The van der Waals surface area contributed by atoms with E-state index in [1.54, 1.807) is 0 Å². The molecule has 1 nitrogen and oxygen atoms in total. The van der Waals surface area contributed by atoms with Crippen molar-refractivity contribution in [2.45, 2.75) is 33.6 Å². The lowest BCUT2D eigenvalue weighted by molar-refractivity contribution is 0.818. The molecule has 0 atom stereocenters. The van der Waals surface area contributed by atoms with E-state index in [-0.39, 0.29) is 0 Å². The molecule has 0 radical (unpaired) electrons. The van der Waals surface area contributed by atoms with E-state index in [0.717, 1.165) is 0 Å². The molecule has 0 aliphatic rings. The summed E-state index contributed by atoms with van der Waals surface area (Å²) < 4.78 is 0. The van der Waals surface area contributed by atoms with Gasteiger partial charge >= 0.3 is 0 Å². The number of rotatable bonds is 1. The number of nitrogens with zero attached hydrogens (tertiary/aromatic N) is 1. The van der Waals surface area contributed by atoms with Crippen LogP contribution in [0.1, 0.15) is 36.6 Å². The lowest BCUT2D eigenvalue weighted by Gasteiger charge is -2.06. The maximum absolute atomic E-state index is 4.34. The van der Waals surface area contributed by atoms with Crippen LogP contribution >= 0.6 is 0 Å². The minimum atomic E-state index is 0.536. The summed E-state index contributed by atoms with van der Waals surface area (Å²) in [6.07, 6.45) is 1.95.